The molecule has 5 nitrogen and oxygen atoms in total. The van der Waals surface area contributed by atoms with Crippen molar-refractivity contribution in [2.24, 2.45) is 0 Å². The number of aromatic nitrogens is 1. The molecule has 1 atom stereocenters. The quantitative estimate of drug-likeness (QED) is 0.228. The normalized spacial score (nSPS) is 12.8. The Morgan fingerprint density at radius 1 is 1.11 bits per heavy atom. The van der Waals surface area contributed by atoms with Crippen molar-refractivity contribution in [1.82, 2.24) is 10.3 Å². The van der Waals surface area contributed by atoms with Gasteiger partial charge in [-0.25, -0.2) is 9.37 Å². The first kappa shape index (κ1) is 26.8. The standard InChI is InChI=1S/C29H25BrClFN2O3/c1-17-26(21-14-19(30)8-11-24(21)34-27(17)18-6-4-3-5-7-18)28(37)33-16-29(2,13-12-25(35)36)22-15-20(32)9-10-23(22)31/h3-11,14-15H,12-13,16H2,1-2H3,(H,33,37)(H,35,36)/t29-/m0/s1. The number of amides is 1. The number of nitrogens with one attached hydrogen (secondary N) is 1. The molecule has 3 aromatic carbocycles. The number of carboxylic acid groups (broad SMARTS) is 1. The molecule has 190 valence electrons. The molecule has 1 heterocycles. The van der Waals surface area contributed by atoms with Crippen molar-refractivity contribution in [1.29, 1.82) is 0 Å². The topological polar surface area (TPSA) is 79.3 Å². The summed E-state index contributed by atoms with van der Waals surface area (Å²) < 4.78 is 14.9. The second kappa shape index (κ2) is 11.0. The number of nitrogens with zero attached hydrogens (tertiary/aromatic N) is 1. The maximum Gasteiger partial charge on any atom is 0.303 e. The fourth-order valence-electron chi connectivity index (χ4n) is 4.53. The molecule has 0 saturated heterocycles. The van der Waals surface area contributed by atoms with Crippen molar-refractivity contribution in [2.45, 2.75) is 32.1 Å². The van der Waals surface area contributed by atoms with E-state index in [0.29, 0.717) is 38.3 Å². The Morgan fingerprint density at radius 3 is 2.54 bits per heavy atom. The van der Waals surface area contributed by atoms with Gasteiger partial charge in [0.1, 0.15) is 5.82 Å². The smallest absolute Gasteiger partial charge is 0.303 e. The van der Waals surface area contributed by atoms with E-state index in [1.165, 1.54) is 18.2 Å². The molecule has 0 aliphatic carbocycles. The fraction of sp³-hybridized carbons (Fsp3) is 0.207. The highest BCUT2D eigenvalue weighted by atomic mass is 79.9. The Labute approximate surface area is 227 Å². The highest BCUT2D eigenvalue weighted by Gasteiger charge is 2.31. The Hall–Kier alpha value is -3.29. The molecule has 0 bridgehead atoms. The molecule has 4 rings (SSSR count). The van der Waals surface area contributed by atoms with Crippen LogP contribution in [0.1, 0.15) is 41.3 Å². The van der Waals surface area contributed by atoms with Crippen molar-refractivity contribution in [3.05, 3.63) is 98.7 Å². The summed E-state index contributed by atoms with van der Waals surface area (Å²) in [4.78, 5) is 30.0. The van der Waals surface area contributed by atoms with Crippen molar-refractivity contribution in [3.8, 4) is 11.3 Å². The van der Waals surface area contributed by atoms with Crippen molar-refractivity contribution in [3.63, 3.8) is 0 Å². The SMILES string of the molecule is Cc1c(-c2ccccc2)nc2ccc(Br)cc2c1C(=O)NC[C@](C)(CCC(=O)O)c1cc(F)ccc1Cl. The number of fused-ring (bicyclic) bond motifs is 1. The van der Waals surface area contributed by atoms with Crippen molar-refractivity contribution < 1.29 is 19.1 Å². The van der Waals surface area contributed by atoms with Gasteiger partial charge < -0.3 is 10.4 Å². The second-order valence-corrected chi connectivity index (χ2v) is 10.6. The summed E-state index contributed by atoms with van der Waals surface area (Å²) in [6.45, 7) is 3.69. The zero-order chi connectivity index (χ0) is 26.7. The molecule has 0 unspecified atom stereocenters. The molecular formula is C29H25BrClFN2O3. The molecule has 0 saturated carbocycles. The van der Waals surface area contributed by atoms with E-state index in [1.54, 1.807) is 6.92 Å². The van der Waals surface area contributed by atoms with Crippen LogP contribution in [0.5, 0.6) is 0 Å². The molecule has 2 N–H and O–H groups in total. The van der Waals surface area contributed by atoms with Crippen LogP contribution in [0.15, 0.2) is 71.2 Å². The molecule has 0 radical (unpaired) electrons. The predicted octanol–water partition coefficient (Wildman–Crippen LogP) is 7.32. The second-order valence-electron chi connectivity index (χ2n) is 9.25. The third-order valence-corrected chi connectivity index (χ3v) is 7.40. The van der Waals surface area contributed by atoms with E-state index >= 15 is 0 Å². The lowest BCUT2D eigenvalue weighted by Crippen LogP contribution is -2.39. The van der Waals surface area contributed by atoms with Crippen LogP contribution >= 0.6 is 27.5 Å². The van der Waals surface area contributed by atoms with E-state index < -0.39 is 17.2 Å². The van der Waals surface area contributed by atoms with Gasteiger partial charge in [0, 0.05) is 38.8 Å². The van der Waals surface area contributed by atoms with Crippen molar-refractivity contribution >= 4 is 50.3 Å². The first-order valence-electron chi connectivity index (χ1n) is 11.7. The lowest BCUT2D eigenvalue weighted by molar-refractivity contribution is -0.137. The minimum atomic E-state index is -0.988. The summed E-state index contributed by atoms with van der Waals surface area (Å²) in [5.41, 5.74) is 2.95. The molecule has 0 aliphatic rings. The van der Waals surface area contributed by atoms with Crippen LogP contribution in [0.2, 0.25) is 5.02 Å². The summed E-state index contributed by atoms with van der Waals surface area (Å²) in [5.74, 6) is -1.81. The molecule has 0 spiro atoms. The van der Waals surface area contributed by atoms with Gasteiger partial charge in [-0.05, 0) is 60.9 Å². The number of aliphatic carboxylic acids is 1. The number of rotatable bonds is 8. The maximum atomic E-state index is 14.1. The van der Waals surface area contributed by atoms with E-state index in [4.69, 9.17) is 16.6 Å². The van der Waals surface area contributed by atoms with Crippen LogP contribution in [0, 0.1) is 12.7 Å². The number of carboxylic acids is 1. The average Bonchev–Trinajstić information content (AvgIpc) is 2.87. The van der Waals surface area contributed by atoms with E-state index in [0.717, 1.165) is 10.0 Å². The van der Waals surface area contributed by atoms with Crippen LogP contribution in [0.25, 0.3) is 22.2 Å². The van der Waals surface area contributed by atoms with Gasteiger partial charge in [0.05, 0.1) is 16.8 Å². The van der Waals surface area contributed by atoms with Crippen LogP contribution in [0.4, 0.5) is 4.39 Å². The van der Waals surface area contributed by atoms with Crippen LogP contribution < -0.4 is 5.32 Å². The van der Waals surface area contributed by atoms with Crippen LogP contribution in [-0.2, 0) is 10.2 Å². The van der Waals surface area contributed by atoms with Gasteiger partial charge in [-0.15, -0.1) is 0 Å². The molecular weight excluding hydrogens is 559 g/mol. The summed E-state index contributed by atoms with van der Waals surface area (Å²) in [5, 5.41) is 13.3. The number of hydrogen-bond acceptors (Lipinski definition) is 3. The minimum absolute atomic E-state index is 0.0558. The van der Waals surface area contributed by atoms with Crippen LogP contribution in [0.3, 0.4) is 0 Å². The van der Waals surface area contributed by atoms with Gasteiger partial charge in [-0.2, -0.15) is 0 Å². The average molecular weight is 584 g/mol. The Bertz CT molecular complexity index is 1500. The van der Waals surface area contributed by atoms with E-state index in [-0.39, 0.29) is 25.3 Å². The number of hydrogen-bond donors (Lipinski definition) is 2. The zero-order valence-electron chi connectivity index (χ0n) is 20.3. The van der Waals surface area contributed by atoms with Gasteiger partial charge in [-0.3, -0.25) is 9.59 Å². The van der Waals surface area contributed by atoms with E-state index in [9.17, 15) is 19.1 Å². The molecule has 4 aromatic rings. The maximum absolute atomic E-state index is 14.1. The van der Waals surface area contributed by atoms with Gasteiger partial charge in [0.15, 0.2) is 0 Å². The third kappa shape index (κ3) is 5.84. The lowest BCUT2D eigenvalue weighted by Gasteiger charge is -2.31. The fourth-order valence-corrected chi connectivity index (χ4v) is 5.23. The summed E-state index contributed by atoms with van der Waals surface area (Å²) in [6, 6.07) is 19.2. The van der Waals surface area contributed by atoms with Gasteiger partial charge in [-0.1, -0.05) is 64.8 Å². The third-order valence-electron chi connectivity index (χ3n) is 6.57. The monoisotopic (exact) mass is 582 g/mol. The highest BCUT2D eigenvalue weighted by Crippen LogP contribution is 2.35. The first-order valence-corrected chi connectivity index (χ1v) is 12.9. The molecule has 1 amide bonds. The van der Waals surface area contributed by atoms with E-state index in [1.807, 2.05) is 55.5 Å². The number of benzene rings is 3. The summed E-state index contributed by atoms with van der Waals surface area (Å²) >= 11 is 9.89. The van der Waals surface area contributed by atoms with Gasteiger partial charge in [0.2, 0.25) is 0 Å². The molecule has 1 aromatic heterocycles. The van der Waals surface area contributed by atoms with Gasteiger partial charge in [0.25, 0.3) is 5.91 Å². The molecule has 0 aliphatic heterocycles. The predicted molar refractivity (Wildman–Crippen MR) is 148 cm³/mol. The molecule has 0 fully saturated rings. The Kier molecular flexibility index (Phi) is 7.95. The number of pyridine rings is 1. The summed E-state index contributed by atoms with van der Waals surface area (Å²) in [6.07, 6.45) is -0.00972. The van der Waals surface area contributed by atoms with Gasteiger partial charge >= 0.3 is 5.97 Å². The Balaban J connectivity index is 1.76. The van der Waals surface area contributed by atoms with Crippen molar-refractivity contribution in [2.75, 3.05) is 6.54 Å². The lowest BCUT2D eigenvalue weighted by atomic mass is 9.78. The number of carbonyl (C=O) groups excluding carboxylic acids is 1. The molecule has 37 heavy (non-hydrogen) atoms. The first-order chi connectivity index (χ1) is 17.6. The minimum Gasteiger partial charge on any atom is -0.481 e. The Morgan fingerprint density at radius 2 is 1.84 bits per heavy atom. The number of halogens is 3. The highest BCUT2D eigenvalue weighted by molar-refractivity contribution is 9.10. The largest absolute Gasteiger partial charge is 0.481 e. The zero-order valence-corrected chi connectivity index (χ0v) is 22.7. The summed E-state index contributed by atoms with van der Waals surface area (Å²) in [7, 11) is 0. The van der Waals surface area contributed by atoms with E-state index in [2.05, 4.69) is 21.2 Å². The molecule has 8 heteroatoms. The van der Waals surface area contributed by atoms with Crippen LogP contribution in [-0.4, -0.2) is 28.5 Å². The number of carbonyl (C=O) groups is 2.